The van der Waals surface area contributed by atoms with E-state index in [1.54, 1.807) is 17.8 Å². The normalized spacial score (nSPS) is 17.8. The molecule has 3 rings (SSSR count). The minimum absolute atomic E-state index is 0. The Morgan fingerprint density at radius 1 is 1.27 bits per heavy atom. The highest BCUT2D eigenvalue weighted by molar-refractivity contribution is 14.0. The van der Waals surface area contributed by atoms with Gasteiger partial charge in [-0.25, -0.2) is 4.99 Å². The van der Waals surface area contributed by atoms with Crippen molar-refractivity contribution in [1.29, 1.82) is 0 Å². The Morgan fingerprint density at radius 2 is 1.97 bits per heavy atom. The minimum Gasteiger partial charge on any atom is -0.383 e. The predicted molar refractivity (Wildman–Crippen MR) is 136 cm³/mol. The van der Waals surface area contributed by atoms with Crippen LogP contribution >= 0.6 is 35.7 Å². The first-order valence-electron chi connectivity index (χ1n) is 10.4. The summed E-state index contributed by atoms with van der Waals surface area (Å²) < 4.78 is 1.88. The molecule has 1 unspecified atom stereocenters. The van der Waals surface area contributed by atoms with Gasteiger partial charge in [0.15, 0.2) is 5.96 Å². The summed E-state index contributed by atoms with van der Waals surface area (Å²) in [5.41, 5.74) is -0.285. The molecule has 6 nitrogen and oxygen atoms in total. The Morgan fingerprint density at radius 3 is 2.57 bits per heavy atom. The van der Waals surface area contributed by atoms with E-state index in [1.165, 1.54) is 30.6 Å². The fourth-order valence-corrected chi connectivity index (χ4v) is 5.11. The van der Waals surface area contributed by atoms with E-state index in [2.05, 4.69) is 58.0 Å². The van der Waals surface area contributed by atoms with Gasteiger partial charge in [-0.3, -0.25) is 4.68 Å². The summed E-state index contributed by atoms with van der Waals surface area (Å²) in [6.07, 6.45) is 8.47. The van der Waals surface area contributed by atoms with Crippen molar-refractivity contribution >= 4 is 41.7 Å². The molecule has 0 bridgehead atoms. The van der Waals surface area contributed by atoms with E-state index >= 15 is 0 Å². The number of halogens is 1. The number of aromatic nitrogens is 2. The van der Waals surface area contributed by atoms with Gasteiger partial charge < -0.3 is 15.7 Å². The molecule has 1 atom stereocenters. The molecule has 2 aromatic rings. The molecule has 0 aliphatic heterocycles. The van der Waals surface area contributed by atoms with E-state index in [0.29, 0.717) is 0 Å². The summed E-state index contributed by atoms with van der Waals surface area (Å²) in [6, 6.07) is 10.6. The van der Waals surface area contributed by atoms with Crippen LogP contribution in [-0.2, 0) is 12.6 Å². The minimum atomic E-state index is -1.06. The van der Waals surface area contributed by atoms with Gasteiger partial charge in [0, 0.05) is 41.5 Å². The molecule has 1 aliphatic rings. The van der Waals surface area contributed by atoms with E-state index < -0.39 is 5.60 Å². The lowest BCUT2D eigenvalue weighted by Gasteiger charge is -2.30. The number of nitrogens with zero attached hydrogens (tertiary/aromatic N) is 3. The number of aliphatic imine (C=N–C) groups is 1. The topological polar surface area (TPSA) is 74.5 Å². The molecule has 3 N–H and O–H groups in total. The summed E-state index contributed by atoms with van der Waals surface area (Å²) in [6.45, 7) is 5.74. The van der Waals surface area contributed by atoms with Crippen LogP contribution in [0.1, 0.15) is 45.1 Å². The summed E-state index contributed by atoms with van der Waals surface area (Å²) in [7, 11) is 1.85. The van der Waals surface area contributed by atoms with Gasteiger partial charge in [-0.05, 0) is 38.8 Å². The molecule has 0 amide bonds. The number of rotatable bonds is 8. The largest absolute Gasteiger partial charge is 0.383 e. The fourth-order valence-electron chi connectivity index (χ4n) is 3.68. The van der Waals surface area contributed by atoms with Crippen molar-refractivity contribution in [3.63, 3.8) is 0 Å². The van der Waals surface area contributed by atoms with Crippen LogP contribution in [0.15, 0.2) is 52.6 Å². The molecule has 8 heteroatoms. The summed E-state index contributed by atoms with van der Waals surface area (Å²) in [5, 5.41) is 21.8. The predicted octanol–water partition coefficient (Wildman–Crippen LogP) is 3.91. The highest BCUT2D eigenvalue weighted by Crippen LogP contribution is 2.44. The average molecular weight is 544 g/mol. The maximum Gasteiger partial charge on any atom is 0.191 e. The number of benzene rings is 1. The quantitative estimate of drug-likeness (QED) is 0.268. The maximum atomic E-state index is 10.8. The van der Waals surface area contributed by atoms with Gasteiger partial charge in [0.05, 0.1) is 12.7 Å². The molecule has 1 aromatic heterocycles. The molecular formula is C22H34IN5OS. The lowest BCUT2D eigenvalue weighted by Crippen LogP contribution is -2.45. The van der Waals surface area contributed by atoms with Gasteiger partial charge >= 0.3 is 0 Å². The molecule has 0 radical (unpaired) electrons. The fraction of sp³-hybridized carbons (Fsp3) is 0.545. The number of aryl methyl sites for hydroxylation is 1. The summed E-state index contributed by atoms with van der Waals surface area (Å²) in [5.74, 6) is 0.747. The highest BCUT2D eigenvalue weighted by atomic mass is 127. The first-order chi connectivity index (χ1) is 13.9. The zero-order chi connectivity index (χ0) is 20.7. The van der Waals surface area contributed by atoms with Gasteiger partial charge in [0.1, 0.15) is 5.60 Å². The third-order valence-corrected chi connectivity index (χ3v) is 6.88. The van der Waals surface area contributed by atoms with Crippen molar-refractivity contribution in [2.45, 2.75) is 54.8 Å². The van der Waals surface area contributed by atoms with Crippen molar-refractivity contribution < 1.29 is 5.11 Å². The van der Waals surface area contributed by atoms with E-state index in [9.17, 15) is 5.11 Å². The van der Waals surface area contributed by atoms with Crippen LogP contribution in [0.5, 0.6) is 0 Å². The number of guanidine groups is 1. The number of hydrogen-bond acceptors (Lipinski definition) is 4. The van der Waals surface area contributed by atoms with Gasteiger partial charge in [-0.15, -0.1) is 35.7 Å². The van der Waals surface area contributed by atoms with E-state index in [-0.39, 0.29) is 35.3 Å². The first-order valence-corrected chi connectivity index (χ1v) is 11.2. The molecule has 0 spiro atoms. The van der Waals surface area contributed by atoms with Gasteiger partial charge in [0.2, 0.25) is 0 Å². The Labute approximate surface area is 201 Å². The second-order valence-electron chi connectivity index (χ2n) is 8.03. The van der Waals surface area contributed by atoms with E-state index in [1.807, 2.05) is 25.0 Å². The molecule has 0 saturated heterocycles. The smallest absolute Gasteiger partial charge is 0.191 e. The van der Waals surface area contributed by atoms with Gasteiger partial charge in [0.25, 0.3) is 0 Å². The molecule has 1 saturated carbocycles. The summed E-state index contributed by atoms with van der Waals surface area (Å²) >= 11 is 1.98. The number of aliphatic hydroxyl groups is 1. The SMILES string of the molecule is CCNC(=NCC(C)(O)c1cnn(C)c1)NCC1(Sc2ccccc2)CCCC1.I. The van der Waals surface area contributed by atoms with Crippen LogP contribution in [0.3, 0.4) is 0 Å². The molecule has 1 aliphatic carbocycles. The van der Waals surface area contributed by atoms with Crippen LogP contribution < -0.4 is 10.6 Å². The van der Waals surface area contributed by atoms with Crippen molar-refractivity contribution in [1.82, 2.24) is 20.4 Å². The average Bonchev–Trinajstić information content (AvgIpc) is 3.35. The lowest BCUT2D eigenvalue weighted by atomic mass is 10.0. The van der Waals surface area contributed by atoms with Crippen molar-refractivity contribution in [3.05, 3.63) is 48.3 Å². The molecule has 1 fully saturated rings. The summed E-state index contributed by atoms with van der Waals surface area (Å²) in [4.78, 5) is 5.99. The second kappa shape index (κ2) is 11.4. The molecular weight excluding hydrogens is 509 g/mol. The Bertz CT molecular complexity index is 803. The Hall–Kier alpha value is -1.26. The molecule has 1 heterocycles. The maximum absolute atomic E-state index is 10.8. The lowest BCUT2D eigenvalue weighted by molar-refractivity contribution is 0.0672. The molecule has 1 aromatic carbocycles. The Kier molecular flexibility index (Phi) is 9.49. The van der Waals surface area contributed by atoms with Crippen LogP contribution in [0.2, 0.25) is 0 Å². The number of nitrogens with one attached hydrogen (secondary N) is 2. The zero-order valence-electron chi connectivity index (χ0n) is 18.1. The van der Waals surface area contributed by atoms with Crippen molar-refractivity contribution in [2.75, 3.05) is 19.6 Å². The third-order valence-electron chi connectivity index (χ3n) is 5.39. The van der Waals surface area contributed by atoms with Crippen LogP contribution in [0, 0.1) is 0 Å². The second-order valence-corrected chi connectivity index (χ2v) is 9.57. The first kappa shape index (κ1) is 25.0. The standard InChI is InChI=1S/C22H33N5OS.HI/c1-4-23-20(24-16-21(2,28)18-14-26-27(3)15-18)25-17-22(12-8-9-13-22)29-19-10-6-5-7-11-19;/h5-7,10-11,14-15,28H,4,8-9,12-13,16-17H2,1-3H3,(H2,23,24,25);1H. The van der Waals surface area contributed by atoms with Gasteiger partial charge in [-0.2, -0.15) is 5.10 Å². The molecule has 166 valence electrons. The van der Waals surface area contributed by atoms with E-state index in [4.69, 9.17) is 0 Å². The van der Waals surface area contributed by atoms with Crippen LogP contribution in [-0.4, -0.2) is 45.2 Å². The Balaban J connectivity index is 0.00000320. The van der Waals surface area contributed by atoms with Crippen LogP contribution in [0.25, 0.3) is 0 Å². The van der Waals surface area contributed by atoms with E-state index in [0.717, 1.165) is 24.6 Å². The zero-order valence-corrected chi connectivity index (χ0v) is 21.2. The highest BCUT2D eigenvalue weighted by Gasteiger charge is 2.35. The monoisotopic (exact) mass is 543 g/mol. The number of hydrogen-bond donors (Lipinski definition) is 3. The van der Waals surface area contributed by atoms with Crippen molar-refractivity contribution in [2.24, 2.45) is 12.0 Å². The third kappa shape index (κ3) is 6.88. The van der Waals surface area contributed by atoms with Crippen LogP contribution in [0.4, 0.5) is 0 Å². The number of thioether (sulfide) groups is 1. The van der Waals surface area contributed by atoms with Crippen molar-refractivity contribution in [3.8, 4) is 0 Å². The molecule has 30 heavy (non-hydrogen) atoms. The van der Waals surface area contributed by atoms with Gasteiger partial charge in [-0.1, -0.05) is 31.0 Å².